The van der Waals surface area contributed by atoms with Gasteiger partial charge in [-0.25, -0.2) is 4.98 Å². The number of carbonyl (C=O) groups excluding carboxylic acids is 1. The lowest BCUT2D eigenvalue weighted by Crippen LogP contribution is -2.33. The number of rotatable bonds is 4. The summed E-state index contributed by atoms with van der Waals surface area (Å²) < 4.78 is 7.02. The van der Waals surface area contributed by atoms with Crippen LogP contribution >= 0.6 is 0 Å². The first-order valence-electron chi connectivity index (χ1n) is 6.56. The van der Waals surface area contributed by atoms with Gasteiger partial charge in [-0.3, -0.25) is 9.36 Å². The molecule has 0 bridgehead atoms. The van der Waals surface area contributed by atoms with Crippen LogP contribution in [0.3, 0.4) is 0 Å². The van der Waals surface area contributed by atoms with Crippen LogP contribution in [0.5, 0.6) is 5.75 Å². The number of imidazole rings is 1. The van der Waals surface area contributed by atoms with Crippen molar-refractivity contribution in [2.24, 2.45) is 0 Å². The molecule has 1 unspecified atom stereocenters. The van der Waals surface area contributed by atoms with Gasteiger partial charge in [-0.2, -0.15) is 0 Å². The van der Waals surface area contributed by atoms with Crippen LogP contribution in [-0.2, 0) is 4.79 Å². The molecule has 2 aromatic rings. The Morgan fingerprint density at radius 2 is 2.25 bits per heavy atom. The standard InChI is InChI=1S/C14H20N4O2/c1-5-17(3)13(19)9(2)18-10-7-6-8-11(20-4)12(10)16-14(18)15/h6-9H,5H2,1-4H3,(H2,15,16). The van der Waals surface area contributed by atoms with Gasteiger partial charge >= 0.3 is 0 Å². The molecule has 1 atom stereocenters. The predicted molar refractivity (Wildman–Crippen MR) is 78.7 cm³/mol. The zero-order chi connectivity index (χ0) is 14.9. The summed E-state index contributed by atoms with van der Waals surface area (Å²) in [5.74, 6) is 0.965. The highest BCUT2D eigenvalue weighted by Gasteiger charge is 2.23. The number of nitrogens with two attached hydrogens (primary N) is 1. The fourth-order valence-electron chi connectivity index (χ4n) is 2.27. The molecule has 0 fully saturated rings. The number of fused-ring (bicyclic) bond motifs is 1. The third kappa shape index (κ3) is 2.17. The van der Waals surface area contributed by atoms with E-state index in [0.717, 1.165) is 5.52 Å². The number of carbonyl (C=O) groups is 1. The maximum atomic E-state index is 12.3. The van der Waals surface area contributed by atoms with E-state index in [1.54, 1.807) is 23.6 Å². The SMILES string of the molecule is CCN(C)C(=O)C(C)n1c(N)nc2c(OC)cccc21. The van der Waals surface area contributed by atoms with Gasteiger partial charge in [-0.15, -0.1) is 0 Å². The van der Waals surface area contributed by atoms with Gasteiger partial charge < -0.3 is 15.4 Å². The molecule has 108 valence electrons. The van der Waals surface area contributed by atoms with Crippen molar-refractivity contribution in [2.75, 3.05) is 26.4 Å². The second-order valence-corrected chi connectivity index (χ2v) is 4.70. The molecule has 6 heteroatoms. The number of aromatic nitrogens is 2. The Morgan fingerprint density at radius 3 is 2.85 bits per heavy atom. The summed E-state index contributed by atoms with van der Waals surface area (Å²) in [4.78, 5) is 18.3. The number of anilines is 1. The van der Waals surface area contributed by atoms with Gasteiger partial charge in [0.2, 0.25) is 11.9 Å². The first-order chi connectivity index (χ1) is 9.51. The average molecular weight is 276 g/mol. The third-order valence-electron chi connectivity index (χ3n) is 3.53. The van der Waals surface area contributed by atoms with Gasteiger partial charge in [-0.05, 0) is 26.0 Å². The maximum absolute atomic E-state index is 12.3. The van der Waals surface area contributed by atoms with Crippen molar-refractivity contribution < 1.29 is 9.53 Å². The molecule has 1 aromatic carbocycles. The number of hydrogen-bond acceptors (Lipinski definition) is 4. The highest BCUT2D eigenvalue weighted by molar-refractivity contribution is 5.88. The summed E-state index contributed by atoms with van der Waals surface area (Å²) >= 11 is 0. The molecule has 2 N–H and O–H groups in total. The van der Waals surface area contributed by atoms with Gasteiger partial charge in [-0.1, -0.05) is 6.07 Å². The number of nitrogens with zero attached hydrogens (tertiary/aromatic N) is 3. The number of benzene rings is 1. The quantitative estimate of drug-likeness (QED) is 0.921. The van der Waals surface area contributed by atoms with Crippen LogP contribution in [0.15, 0.2) is 18.2 Å². The van der Waals surface area contributed by atoms with Crippen LogP contribution in [0.25, 0.3) is 11.0 Å². The fraction of sp³-hybridized carbons (Fsp3) is 0.429. The summed E-state index contributed by atoms with van der Waals surface area (Å²) in [6.45, 7) is 4.41. The fourth-order valence-corrected chi connectivity index (χ4v) is 2.27. The second-order valence-electron chi connectivity index (χ2n) is 4.70. The van der Waals surface area contributed by atoms with Crippen molar-refractivity contribution >= 4 is 22.9 Å². The number of amides is 1. The van der Waals surface area contributed by atoms with Crippen LogP contribution < -0.4 is 10.5 Å². The van der Waals surface area contributed by atoms with E-state index in [4.69, 9.17) is 10.5 Å². The molecule has 0 spiro atoms. The maximum Gasteiger partial charge on any atom is 0.245 e. The topological polar surface area (TPSA) is 73.4 Å². The minimum atomic E-state index is -0.406. The van der Waals surface area contributed by atoms with Crippen LogP contribution in [0.2, 0.25) is 0 Å². The lowest BCUT2D eigenvalue weighted by atomic mass is 10.2. The number of ether oxygens (including phenoxy) is 1. The van der Waals surface area contributed by atoms with E-state index in [1.165, 1.54) is 0 Å². The molecule has 1 heterocycles. The molecular weight excluding hydrogens is 256 g/mol. The van der Waals surface area contributed by atoms with E-state index in [0.29, 0.717) is 23.8 Å². The first-order valence-corrected chi connectivity index (χ1v) is 6.56. The predicted octanol–water partition coefficient (Wildman–Crippen LogP) is 1.67. The van der Waals surface area contributed by atoms with Crippen LogP contribution in [0.1, 0.15) is 19.9 Å². The van der Waals surface area contributed by atoms with Crippen molar-refractivity contribution in [2.45, 2.75) is 19.9 Å². The normalized spacial score (nSPS) is 12.4. The number of nitrogen functional groups attached to an aromatic ring is 1. The Balaban J connectivity index is 2.54. The van der Waals surface area contributed by atoms with Crippen molar-refractivity contribution in [3.05, 3.63) is 18.2 Å². The van der Waals surface area contributed by atoms with E-state index in [2.05, 4.69) is 4.98 Å². The summed E-state index contributed by atoms with van der Waals surface area (Å²) in [6, 6.07) is 5.16. The highest BCUT2D eigenvalue weighted by atomic mass is 16.5. The van der Waals surface area contributed by atoms with Crippen molar-refractivity contribution in [3.8, 4) is 5.75 Å². The molecule has 0 saturated carbocycles. The van der Waals surface area contributed by atoms with E-state index >= 15 is 0 Å². The zero-order valence-corrected chi connectivity index (χ0v) is 12.3. The Kier molecular flexibility index (Phi) is 3.83. The third-order valence-corrected chi connectivity index (χ3v) is 3.53. The van der Waals surface area contributed by atoms with E-state index in [9.17, 15) is 4.79 Å². The highest BCUT2D eigenvalue weighted by Crippen LogP contribution is 2.29. The molecule has 2 rings (SSSR count). The largest absolute Gasteiger partial charge is 0.494 e. The molecule has 1 aromatic heterocycles. The lowest BCUT2D eigenvalue weighted by Gasteiger charge is -2.21. The molecule has 0 radical (unpaired) electrons. The Hall–Kier alpha value is -2.24. The first kappa shape index (κ1) is 14.2. The van der Waals surface area contributed by atoms with Crippen LogP contribution in [0, 0.1) is 0 Å². The van der Waals surface area contributed by atoms with Gasteiger partial charge in [0.1, 0.15) is 17.3 Å². The number of hydrogen-bond donors (Lipinski definition) is 1. The number of methoxy groups -OCH3 is 1. The molecular formula is C14H20N4O2. The summed E-state index contributed by atoms with van der Waals surface area (Å²) in [5.41, 5.74) is 7.45. The second kappa shape index (κ2) is 5.40. The summed E-state index contributed by atoms with van der Waals surface area (Å²) in [6.07, 6.45) is 0. The monoisotopic (exact) mass is 276 g/mol. The lowest BCUT2D eigenvalue weighted by molar-refractivity contribution is -0.132. The molecule has 0 saturated heterocycles. The van der Waals surface area contributed by atoms with Crippen molar-refractivity contribution in [1.82, 2.24) is 14.5 Å². The molecule has 20 heavy (non-hydrogen) atoms. The summed E-state index contributed by atoms with van der Waals surface area (Å²) in [5, 5.41) is 0. The zero-order valence-electron chi connectivity index (χ0n) is 12.3. The molecule has 6 nitrogen and oxygen atoms in total. The Bertz CT molecular complexity index is 635. The van der Waals surface area contributed by atoms with Gasteiger partial charge in [0, 0.05) is 13.6 Å². The minimum absolute atomic E-state index is 0.00122. The smallest absolute Gasteiger partial charge is 0.245 e. The number of likely N-dealkylation sites (N-methyl/N-ethyl adjacent to an activating group) is 1. The van der Waals surface area contributed by atoms with E-state index < -0.39 is 6.04 Å². The Morgan fingerprint density at radius 1 is 1.55 bits per heavy atom. The molecule has 0 aliphatic heterocycles. The molecule has 0 aliphatic rings. The summed E-state index contributed by atoms with van der Waals surface area (Å²) in [7, 11) is 3.36. The molecule has 1 amide bonds. The number of para-hydroxylation sites is 1. The van der Waals surface area contributed by atoms with Crippen LogP contribution in [0.4, 0.5) is 5.95 Å². The van der Waals surface area contributed by atoms with Crippen molar-refractivity contribution in [3.63, 3.8) is 0 Å². The Labute approximate surface area is 118 Å². The average Bonchev–Trinajstić information content (AvgIpc) is 2.80. The van der Waals surface area contributed by atoms with Gasteiger partial charge in [0.15, 0.2) is 0 Å². The van der Waals surface area contributed by atoms with E-state index in [-0.39, 0.29) is 5.91 Å². The van der Waals surface area contributed by atoms with Crippen LogP contribution in [-0.4, -0.2) is 41.1 Å². The van der Waals surface area contributed by atoms with Gasteiger partial charge in [0.25, 0.3) is 0 Å². The van der Waals surface area contributed by atoms with Crippen molar-refractivity contribution in [1.29, 1.82) is 0 Å². The van der Waals surface area contributed by atoms with E-state index in [1.807, 2.05) is 32.0 Å². The minimum Gasteiger partial charge on any atom is -0.494 e. The molecule has 0 aliphatic carbocycles. The van der Waals surface area contributed by atoms with Gasteiger partial charge in [0.05, 0.1) is 12.6 Å².